The number of hydrogen-bond acceptors (Lipinski definition) is 4. The van der Waals surface area contributed by atoms with E-state index in [4.69, 9.17) is 9.47 Å². The summed E-state index contributed by atoms with van der Waals surface area (Å²) in [5.41, 5.74) is -0.000787. The predicted molar refractivity (Wildman–Crippen MR) is 59.2 cm³/mol. The van der Waals surface area contributed by atoms with Crippen molar-refractivity contribution in [2.24, 2.45) is 0 Å². The quantitative estimate of drug-likeness (QED) is 0.813. The summed E-state index contributed by atoms with van der Waals surface area (Å²) in [6, 6.07) is 0.982. The van der Waals surface area contributed by atoms with Gasteiger partial charge < -0.3 is 14.8 Å². The van der Waals surface area contributed by atoms with Gasteiger partial charge >= 0.3 is 0 Å². The number of amides is 1. The molecule has 0 bridgehead atoms. The molecule has 1 aromatic carbocycles. The molecule has 1 N–H and O–H groups in total. The maximum Gasteiger partial charge on any atom is 0.221 e. The van der Waals surface area contributed by atoms with Gasteiger partial charge in [-0.2, -0.15) is 0 Å². The van der Waals surface area contributed by atoms with Crippen LogP contribution in [-0.2, 0) is 4.79 Å². The second-order valence-electron chi connectivity index (χ2n) is 3.19. The Balaban J connectivity index is 3.51. The van der Waals surface area contributed by atoms with Crippen LogP contribution in [0.2, 0.25) is 0 Å². The summed E-state index contributed by atoms with van der Waals surface area (Å²) in [4.78, 5) is 21.8. The van der Waals surface area contributed by atoms with Gasteiger partial charge in [0.1, 0.15) is 5.69 Å². The number of benzene rings is 1. The van der Waals surface area contributed by atoms with Gasteiger partial charge in [0.2, 0.25) is 5.91 Å². The number of hydrogen-bond donors (Lipinski definition) is 1. The Labute approximate surface area is 97.5 Å². The average molecular weight is 241 g/mol. The maximum atomic E-state index is 13.6. The van der Waals surface area contributed by atoms with Crippen molar-refractivity contribution in [2.75, 3.05) is 19.5 Å². The van der Waals surface area contributed by atoms with Crippen LogP contribution in [0.1, 0.15) is 17.3 Å². The highest BCUT2D eigenvalue weighted by atomic mass is 19.1. The van der Waals surface area contributed by atoms with Crippen LogP contribution in [0.3, 0.4) is 0 Å². The standard InChI is InChI=1S/C11H12FNO4/c1-6(15)13-9-10(16-2)7(5-14)4-8(12)11(9)17-3/h4-5H,1-3H3,(H,13,15). The fourth-order valence-corrected chi connectivity index (χ4v) is 1.43. The highest BCUT2D eigenvalue weighted by Crippen LogP contribution is 2.39. The molecule has 6 heteroatoms. The first-order chi connectivity index (χ1) is 8.04. The number of halogens is 1. The van der Waals surface area contributed by atoms with Gasteiger partial charge in [0, 0.05) is 6.92 Å². The molecule has 0 aliphatic carbocycles. The van der Waals surface area contributed by atoms with E-state index in [9.17, 15) is 14.0 Å². The molecule has 1 rings (SSSR count). The molecular formula is C11H12FNO4. The van der Waals surface area contributed by atoms with E-state index in [2.05, 4.69) is 5.32 Å². The highest BCUT2D eigenvalue weighted by molar-refractivity contribution is 5.96. The summed E-state index contributed by atoms with van der Waals surface area (Å²) in [6.07, 6.45) is 0.437. The molecule has 0 aliphatic heterocycles. The lowest BCUT2D eigenvalue weighted by Gasteiger charge is -2.15. The van der Waals surface area contributed by atoms with Gasteiger partial charge in [0.05, 0.1) is 19.8 Å². The molecule has 0 saturated heterocycles. The van der Waals surface area contributed by atoms with Crippen molar-refractivity contribution in [1.82, 2.24) is 0 Å². The second kappa shape index (κ2) is 5.29. The maximum absolute atomic E-state index is 13.6. The number of carbonyl (C=O) groups excluding carboxylic acids is 2. The van der Waals surface area contributed by atoms with E-state index in [1.807, 2.05) is 0 Å². The zero-order valence-electron chi connectivity index (χ0n) is 9.67. The summed E-state index contributed by atoms with van der Waals surface area (Å²) in [5.74, 6) is -1.29. The normalized spacial score (nSPS) is 9.65. The molecule has 1 aromatic rings. The lowest BCUT2D eigenvalue weighted by Crippen LogP contribution is -2.11. The highest BCUT2D eigenvalue weighted by Gasteiger charge is 2.20. The van der Waals surface area contributed by atoms with Crippen LogP contribution in [0.25, 0.3) is 0 Å². The van der Waals surface area contributed by atoms with Gasteiger partial charge in [0.25, 0.3) is 0 Å². The van der Waals surface area contributed by atoms with E-state index in [0.717, 1.165) is 6.07 Å². The monoisotopic (exact) mass is 241 g/mol. The third-order valence-electron chi connectivity index (χ3n) is 2.05. The van der Waals surface area contributed by atoms with E-state index in [0.29, 0.717) is 6.29 Å². The minimum absolute atomic E-state index is 0.00426. The molecule has 1 amide bonds. The van der Waals surface area contributed by atoms with Crippen molar-refractivity contribution < 1.29 is 23.5 Å². The van der Waals surface area contributed by atoms with Crippen molar-refractivity contribution in [3.63, 3.8) is 0 Å². The van der Waals surface area contributed by atoms with Crippen LogP contribution in [-0.4, -0.2) is 26.4 Å². The fraction of sp³-hybridized carbons (Fsp3) is 0.273. The number of methoxy groups -OCH3 is 2. The SMILES string of the molecule is COc1c(F)cc(C=O)c(OC)c1NC(C)=O. The van der Waals surface area contributed by atoms with Crippen LogP contribution in [0, 0.1) is 5.82 Å². The first kappa shape index (κ1) is 13.0. The molecule has 0 radical (unpaired) electrons. The molecule has 0 atom stereocenters. The minimum Gasteiger partial charge on any atom is -0.494 e. The molecular weight excluding hydrogens is 229 g/mol. The fourth-order valence-electron chi connectivity index (χ4n) is 1.43. The van der Waals surface area contributed by atoms with E-state index < -0.39 is 11.7 Å². The van der Waals surface area contributed by atoms with E-state index in [1.165, 1.54) is 21.1 Å². The zero-order chi connectivity index (χ0) is 13.0. The summed E-state index contributed by atoms with van der Waals surface area (Å²) in [5, 5.41) is 2.37. The van der Waals surface area contributed by atoms with Crippen LogP contribution in [0.5, 0.6) is 11.5 Å². The van der Waals surface area contributed by atoms with Crippen LogP contribution >= 0.6 is 0 Å². The topological polar surface area (TPSA) is 64.6 Å². The third-order valence-corrected chi connectivity index (χ3v) is 2.05. The second-order valence-corrected chi connectivity index (χ2v) is 3.19. The Kier molecular flexibility index (Phi) is 4.03. The largest absolute Gasteiger partial charge is 0.494 e. The molecule has 0 spiro atoms. The molecule has 17 heavy (non-hydrogen) atoms. The number of nitrogens with one attached hydrogen (secondary N) is 1. The van der Waals surface area contributed by atoms with Crippen molar-refractivity contribution in [1.29, 1.82) is 0 Å². The molecule has 0 saturated carbocycles. The molecule has 0 heterocycles. The van der Waals surface area contributed by atoms with Crippen LogP contribution < -0.4 is 14.8 Å². The Morgan fingerprint density at radius 3 is 2.35 bits per heavy atom. The number of aldehydes is 1. The average Bonchev–Trinajstić information content (AvgIpc) is 2.28. The van der Waals surface area contributed by atoms with E-state index >= 15 is 0 Å². The van der Waals surface area contributed by atoms with Crippen LogP contribution in [0.15, 0.2) is 6.07 Å². The zero-order valence-corrected chi connectivity index (χ0v) is 9.67. The van der Waals surface area contributed by atoms with Gasteiger partial charge in [0.15, 0.2) is 23.6 Å². The number of rotatable bonds is 4. The first-order valence-electron chi connectivity index (χ1n) is 4.72. The van der Waals surface area contributed by atoms with Crippen molar-refractivity contribution >= 4 is 17.9 Å². The van der Waals surface area contributed by atoms with Gasteiger partial charge in [-0.15, -0.1) is 0 Å². The van der Waals surface area contributed by atoms with Crippen molar-refractivity contribution in [3.05, 3.63) is 17.4 Å². The third kappa shape index (κ3) is 2.52. The summed E-state index contributed by atoms with van der Waals surface area (Å²) in [6.45, 7) is 1.25. The van der Waals surface area contributed by atoms with E-state index in [-0.39, 0.29) is 22.7 Å². The first-order valence-corrected chi connectivity index (χ1v) is 4.72. The number of ether oxygens (including phenoxy) is 2. The Hall–Kier alpha value is -2.11. The smallest absolute Gasteiger partial charge is 0.221 e. The summed E-state index contributed by atoms with van der Waals surface area (Å²) >= 11 is 0. The Morgan fingerprint density at radius 1 is 1.35 bits per heavy atom. The Morgan fingerprint density at radius 2 is 1.94 bits per heavy atom. The van der Waals surface area contributed by atoms with Crippen molar-refractivity contribution in [2.45, 2.75) is 6.92 Å². The molecule has 0 aliphatic rings. The van der Waals surface area contributed by atoms with Crippen LogP contribution in [0.4, 0.5) is 10.1 Å². The summed E-state index contributed by atoms with van der Waals surface area (Å²) < 4.78 is 23.4. The molecule has 0 unspecified atom stereocenters. The number of carbonyl (C=O) groups is 2. The van der Waals surface area contributed by atoms with Gasteiger partial charge in [-0.1, -0.05) is 0 Å². The number of anilines is 1. The molecule has 5 nitrogen and oxygen atoms in total. The van der Waals surface area contributed by atoms with Gasteiger partial charge in [-0.25, -0.2) is 4.39 Å². The van der Waals surface area contributed by atoms with Gasteiger partial charge in [-0.3, -0.25) is 9.59 Å². The predicted octanol–water partition coefficient (Wildman–Crippen LogP) is 1.61. The molecule has 92 valence electrons. The van der Waals surface area contributed by atoms with Gasteiger partial charge in [-0.05, 0) is 6.07 Å². The lowest BCUT2D eigenvalue weighted by atomic mass is 10.1. The van der Waals surface area contributed by atoms with E-state index in [1.54, 1.807) is 0 Å². The minimum atomic E-state index is -0.751. The van der Waals surface area contributed by atoms with Crippen molar-refractivity contribution in [3.8, 4) is 11.5 Å². The lowest BCUT2D eigenvalue weighted by molar-refractivity contribution is -0.114. The molecule has 0 fully saturated rings. The summed E-state index contributed by atoms with van der Waals surface area (Å²) in [7, 11) is 2.56. The molecule has 0 aromatic heterocycles. The Bertz CT molecular complexity index is 459.